The zero-order valence-corrected chi connectivity index (χ0v) is 9.42. The highest BCUT2D eigenvalue weighted by Gasteiger charge is 2.23. The van der Waals surface area contributed by atoms with E-state index >= 15 is 0 Å². The van der Waals surface area contributed by atoms with Crippen LogP contribution in [-0.4, -0.2) is 5.97 Å². The van der Waals surface area contributed by atoms with Crippen LogP contribution >= 0.6 is 0 Å². The molecule has 0 saturated heterocycles. The molecule has 2 nitrogen and oxygen atoms in total. The lowest BCUT2D eigenvalue weighted by atomic mass is 9.89. The second kappa shape index (κ2) is 5.25. The van der Waals surface area contributed by atoms with E-state index in [0.29, 0.717) is 0 Å². The van der Waals surface area contributed by atoms with Gasteiger partial charge in [-0.25, -0.2) is 8.78 Å². The quantitative estimate of drug-likeness (QED) is 0.584. The van der Waals surface area contributed by atoms with Crippen LogP contribution in [0.25, 0.3) is 0 Å². The minimum atomic E-state index is -0.739. The molecule has 0 amide bonds. The van der Waals surface area contributed by atoms with Crippen LogP contribution in [0.2, 0.25) is 0 Å². The summed E-state index contributed by atoms with van der Waals surface area (Å²) in [7, 11) is 0. The molecular weight excluding hydrogens is 226 g/mol. The Kier molecular flexibility index (Phi) is 3.71. The van der Waals surface area contributed by atoms with Crippen molar-refractivity contribution in [2.24, 2.45) is 5.92 Å². The molecule has 17 heavy (non-hydrogen) atoms. The third-order valence-electron chi connectivity index (χ3n) is 2.99. The topological polar surface area (TPSA) is 26.3 Å². The molecule has 1 saturated carbocycles. The summed E-state index contributed by atoms with van der Waals surface area (Å²) in [4.78, 5) is 11.7. The van der Waals surface area contributed by atoms with Crippen LogP contribution in [0.15, 0.2) is 18.2 Å². The lowest BCUT2D eigenvalue weighted by Gasteiger charge is -2.19. The van der Waals surface area contributed by atoms with Crippen molar-refractivity contribution in [3.8, 4) is 5.75 Å². The van der Waals surface area contributed by atoms with Crippen LogP contribution in [0.1, 0.15) is 32.1 Å². The number of esters is 1. The fraction of sp³-hybridized carbons (Fsp3) is 0.462. The molecule has 92 valence electrons. The number of hydrogen-bond donors (Lipinski definition) is 0. The Labute approximate surface area is 98.6 Å². The molecule has 0 aromatic heterocycles. The van der Waals surface area contributed by atoms with E-state index < -0.39 is 11.6 Å². The molecular formula is C13H14F2O2. The van der Waals surface area contributed by atoms with Crippen molar-refractivity contribution in [1.29, 1.82) is 0 Å². The van der Waals surface area contributed by atoms with Crippen LogP contribution in [-0.2, 0) is 4.79 Å². The number of hydrogen-bond acceptors (Lipinski definition) is 2. The Morgan fingerprint density at radius 1 is 1.06 bits per heavy atom. The van der Waals surface area contributed by atoms with E-state index in [1.165, 1.54) is 0 Å². The first-order chi connectivity index (χ1) is 8.15. The minimum absolute atomic E-state index is 0.0573. The van der Waals surface area contributed by atoms with Crippen molar-refractivity contribution in [2.45, 2.75) is 32.1 Å². The molecule has 0 N–H and O–H groups in total. The van der Waals surface area contributed by atoms with E-state index in [0.717, 1.165) is 50.3 Å². The molecule has 0 spiro atoms. The molecule has 1 aliphatic carbocycles. The summed E-state index contributed by atoms with van der Waals surface area (Å²) in [5.74, 6) is -2.05. The van der Waals surface area contributed by atoms with Gasteiger partial charge in [0.25, 0.3) is 0 Å². The number of carbonyl (C=O) groups is 1. The third-order valence-corrected chi connectivity index (χ3v) is 2.99. The van der Waals surface area contributed by atoms with Crippen molar-refractivity contribution < 1.29 is 18.3 Å². The molecule has 1 fully saturated rings. The molecule has 0 radical (unpaired) electrons. The smallest absolute Gasteiger partial charge is 0.314 e. The van der Waals surface area contributed by atoms with Gasteiger partial charge >= 0.3 is 5.97 Å². The fourth-order valence-corrected chi connectivity index (χ4v) is 2.13. The summed E-state index contributed by atoms with van der Waals surface area (Å²) in [6, 6.07) is 2.78. The Hall–Kier alpha value is -1.45. The highest BCUT2D eigenvalue weighted by molar-refractivity contribution is 5.75. The first-order valence-electron chi connectivity index (χ1n) is 5.83. The normalized spacial score (nSPS) is 16.8. The SMILES string of the molecule is O=C(Oc1cc(F)cc(F)c1)C1CCCCC1. The van der Waals surface area contributed by atoms with E-state index in [1.807, 2.05) is 0 Å². The van der Waals surface area contributed by atoms with Gasteiger partial charge in [0, 0.05) is 18.2 Å². The molecule has 0 atom stereocenters. The van der Waals surface area contributed by atoms with Gasteiger partial charge in [0.1, 0.15) is 17.4 Å². The molecule has 1 aliphatic rings. The van der Waals surface area contributed by atoms with Crippen LogP contribution < -0.4 is 4.74 Å². The fourth-order valence-electron chi connectivity index (χ4n) is 2.13. The number of benzene rings is 1. The first kappa shape index (κ1) is 12.0. The Balaban J connectivity index is 2.01. The standard InChI is InChI=1S/C13H14F2O2/c14-10-6-11(15)8-12(7-10)17-13(16)9-4-2-1-3-5-9/h6-9H,1-5H2. The van der Waals surface area contributed by atoms with Gasteiger partial charge in [-0.05, 0) is 12.8 Å². The van der Waals surface area contributed by atoms with Gasteiger partial charge in [-0.2, -0.15) is 0 Å². The van der Waals surface area contributed by atoms with Crippen molar-refractivity contribution in [3.63, 3.8) is 0 Å². The molecule has 1 aromatic carbocycles. The molecule has 0 aliphatic heterocycles. The van der Waals surface area contributed by atoms with Crippen molar-refractivity contribution in [1.82, 2.24) is 0 Å². The van der Waals surface area contributed by atoms with Gasteiger partial charge in [0.05, 0.1) is 5.92 Å². The maximum absolute atomic E-state index is 12.9. The number of ether oxygens (including phenoxy) is 1. The predicted molar refractivity (Wildman–Crippen MR) is 58.6 cm³/mol. The van der Waals surface area contributed by atoms with E-state index in [2.05, 4.69) is 0 Å². The van der Waals surface area contributed by atoms with Crippen LogP contribution in [0.4, 0.5) is 8.78 Å². The molecule has 0 unspecified atom stereocenters. The molecule has 1 aromatic rings. The van der Waals surface area contributed by atoms with E-state index in [4.69, 9.17) is 4.74 Å². The molecule has 0 bridgehead atoms. The summed E-state index contributed by atoms with van der Waals surface area (Å²) in [6.45, 7) is 0. The second-order valence-electron chi connectivity index (χ2n) is 4.36. The van der Waals surface area contributed by atoms with Gasteiger partial charge in [-0.1, -0.05) is 19.3 Å². The van der Waals surface area contributed by atoms with Crippen molar-refractivity contribution in [3.05, 3.63) is 29.8 Å². The van der Waals surface area contributed by atoms with Crippen molar-refractivity contribution >= 4 is 5.97 Å². The molecule has 4 heteroatoms. The number of halogens is 2. The zero-order valence-electron chi connectivity index (χ0n) is 9.42. The summed E-state index contributed by atoms with van der Waals surface area (Å²) >= 11 is 0. The maximum Gasteiger partial charge on any atom is 0.314 e. The summed E-state index contributed by atoms with van der Waals surface area (Å²) < 4.78 is 30.8. The van der Waals surface area contributed by atoms with Gasteiger partial charge in [0.2, 0.25) is 0 Å². The van der Waals surface area contributed by atoms with Crippen molar-refractivity contribution in [2.75, 3.05) is 0 Å². The summed E-state index contributed by atoms with van der Waals surface area (Å²) in [5, 5.41) is 0. The lowest BCUT2D eigenvalue weighted by molar-refractivity contribution is -0.140. The van der Waals surface area contributed by atoms with Gasteiger partial charge in [0.15, 0.2) is 0 Å². The second-order valence-corrected chi connectivity index (χ2v) is 4.36. The van der Waals surface area contributed by atoms with Gasteiger partial charge < -0.3 is 4.74 Å². The average Bonchev–Trinajstić information content (AvgIpc) is 2.28. The van der Waals surface area contributed by atoms with Gasteiger partial charge in [-0.15, -0.1) is 0 Å². The average molecular weight is 240 g/mol. The van der Waals surface area contributed by atoms with E-state index in [9.17, 15) is 13.6 Å². The number of carbonyl (C=O) groups excluding carboxylic acids is 1. The number of rotatable bonds is 2. The van der Waals surface area contributed by atoms with Crippen LogP contribution in [0.5, 0.6) is 5.75 Å². The monoisotopic (exact) mass is 240 g/mol. The molecule has 0 heterocycles. The highest BCUT2D eigenvalue weighted by Crippen LogP contribution is 2.26. The third kappa shape index (κ3) is 3.25. The molecule has 2 rings (SSSR count). The summed E-state index contributed by atoms with van der Waals surface area (Å²) in [5.41, 5.74) is 0. The lowest BCUT2D eigenvalue weighted by Crippen LogP contribution is -2.22. The highest BCUT2D eigenvalue weighted by atomic mass is 19.1. The van der Waals surface area contributed by atoms with Crippen LogP contribution in [0, 0.1) is 17.6 Å². The minimum Gasteiger partial charge on any atom is -0.426 e. The van der Waals surface area contributed by atoms with E-state index in [1.54, 1.807) is 0 Å². The van der Waals surface area contributed by atoms with Gasteiger partial charge in [-0.3, -0.25) is 4.79 Å². The van der Waals surface area contributed by atoms with Crippen LogP contribution in [0.3, 0.4) is 0 Å². The largest absolute Gasteiger partial charge is 0.426 e. The Morgan fingerprint density at radius 2 is 1.65 bits per heavy atom. The summed E-state index contributed by atoms with van der Waals surface area (Å²) in [6.07, 6.45) is 4.76. The Morgan fingerprint density at radius 3 is 2.24 bits per heavy atom. The maximum atomic E-state index is 12.9. The Bertz CT molecular complexity index is 392. The predicted octanol–water partition coefficient (Wildman–Crippen LogP) is 3.45. The first-order valence-corrected chi connectivity index (χ1v) is 5.83. The zero-order chi connectivity index (χ0) is 12.3. The van der Waals surface area contributed by atoms with E-state index in [-0.39, 0.29) is 17.6 Å².